The molecule has 3 rings (SSSR count). The standard InChI is InChI=1S/C16H15N3O2/c1-9-3-5-12(10(2)15(9)20)19-16(21)11-4-6-13-14(7-11)18-8-17-13/h3-8,20H,1-2H3,(H,17,18)(H,19,21). The van der Waals surface area contributed by atoms with Crippen LogP contribution in [0.15, 0.2) is 36.7 Å². The van der Waals surface area contributed by atoms with Gasteiger partial charge in [-0.05, 0) is 43.7 Å². The van der Waals surface area contributed by atoms with Crippen molar-refractivity contribution in [3.63, 3.8) is 0 Å². The molecular weight excluding hydrogens is 266 g/mol. The van der Waals surface area contributed by atoms with Gasteiger partial charge in [0.1, 0.15) is 5.75 Å². The van der Waals surface area contributed by atoms with Gasteiger partial charge in [-0.25, -0.2) is 4.98 Å². The summed E-state index contributed by atoms with van der Waals surface area (Å²) in [5, 5.41) is 12.7. The van der Waals surface area contributed by atoms with Gasteiger partial charge in [0, 0.05) is 16.8 Å². The Morgan fingerprint density at radius 1 is 1.24 bits per heavy atom. The number of carbonyl (C=O) groups is 1. The third kappa shape index (κ3) is 2.33. The summed E-state index contributed by atoms with van der Waals surface area (Å²) >= 11 is 0. The number of rotatable bonds is 2. The fourth-order valence-corrected chi connectivity index (χ4v) is 2.24. The molecule has 1 aromatic heterocycles. The molecular formula is C16H15N3O2. The summed E-state index contributed by atoms with van der Waals surface area (Å²) in [6.45, 7) is 3.59. The maximum atomic E-state index is 12.3. The van der Waals surface area contributed by atoms with E-state index in [-0.39, 0.29) is 11.7 Å². The Bertz CT molecular complexity index is 837. The minimum atomic E-state index is -0.224. The molecule has 3 N–H and O–H groups in total. The number of hydrogen-bond acceptors (Lipinski definition) is 3. The number of phenolic OH excluding ortho intramolecular Hbond substituents is 1. The molecule has 0 atom stereocenters. The van der Waals surface area contributed by atoms with Gasteiger partial charge in [0.05, 0.1) is 17.4 Å². The zero-order chi connectivity index (χ0) is 15.0. The van der Waals surface area contributed by atoms with Gasteiger partial charge in [-0.2, -0.15) is 0 Å². The lowest BCUT2D eigenvalue weighted by molar-refractivity contribution is 0.102. The number of hydrogen-bond donors (Lipinski definition) is 3. The molecule has 0 saturated heterocycles. The van der Waals surface area contributed by atoms with Gasteiger partial charge in [-0.3, -0.25) is 4.79 Å². The molecule has 0 unspecified atom stereocenters. The molecule has 0 spiro atoms. The van der Waals surface area contributed by atoms with Crippen LogP contribution in [0.3, 0.4) is 0 Å². The predicted molar refractivity (Wildman–Crippen MR) is 81.6 cm³/mol. The van der Waals surface area contributed by atoms with E-state index in [1.807, 2.05) is 6.92 Å². The van der Waals surface area contributed by atoms with E-state index in [1.165, 1.54) is 0 Å². The van der Waals surface area contributed by atoms with Crippen molar-refractivity contribution in [1.29, 1.82) is 0 Å². The first-order chi connectivity index (χ1) is 10.1. The van der Waals surface area contributed by atoms with Crippen LogP contribution in [0.4, 0.5) is 5.69 Å². The van der Waals surface area contributed by atoms with Crippen molar-refractivity contribution in [1.82, 2.24) is 9.97 Å². The fourth-order valence-electron chi connectivity index (χ4n) is 2.24. The molecule has 5 nitrogen and oxygen atoms in total. The first kappa shape index (κ1) is 13.2. The predicted octanol–water partition coefficient (Wildman–Crippen LogP) is 3.14. The van der Waals surface area contributed by atoms with Gasteiger partial charge < -0.3 is 15.4 Å². The summed E-state index contributed by atoms with van der Waals surface area (Å²) in [5.74, 6) is -0.0188. The van der Waals surface area contributed by atoms with Crippen LogP contribution in [0.1, 0.15) is 21.5 Å². The van der Waals surface area contributed by atoms with E-state index in [0.29, 0.717) is 16.8 Å². The number of phenols is 1. The minimum absolute atomic E-state index is 0.205. The Balaban J connectivity index is 1.91. The van der Waals surface area contributed by atoms with Crippen molar-refractivity contribution >= 4 is 22.6 Å². The minimum Gasteiger partial charge on any atom is -0.507 e. The van der Waals surface area contributed by atoms with E-state index in [1.54, 1.807) is 43.6 Å². The van der Waals surface area contributed by atoms with E-state index < -0.39 is 0 Å². The van der Waals surface area contributed by atoms with Crippen LogP contribution in [0, 0.1) is 13.8 Å². The summed E-state index contributed by atoms with van der Waals surface area (Å²) in [4.78, 5) is 19.4. The highest BCUT2D eigenvalue weighted by atomic mass is 16.3. The van der Waals surface area contributed by atoms with Crippen LogP contribution in [0.25, 0.3) is 11.0 Å². The number of imidazole rings is 1. The lowest BCUT2D eigenvalue weighted by Crippen LogP contribution is -2.12. The highest BCUT2D eigenvalue weighted by molar-refractivity contribution is 6.06. The number of aromatic nitrogens is 2. The first-order valence-electron chi connectivity index (χ1n) is 6.60. The van der Waals surface area contributed by atoms with Crippen molar-refractivity contribution in [3.8, 4) is 5.75 Å². The smallest absolute Gasteiger partial charge is 0.255 e. The quantitative estimate of drug-likeness (QED) is 0.675. The Labute approximate surface area is 121 Å². The maximum absolute atomic E-state index is 12.3. The normalized spacial score (nSPS) is 10.8. The average molecular weight is 281 g/mol. The molecule has 0 saturated carbocycles. The van der Waals surface area contributed by atoms with E-state index in [2.05, 4.69) is 15.3 Å². The lowest BCUT2D eigenvalue weighted by atomic mass is 10.1. The maximum Gasteiger partial charge on any atom is 0.255 e. The lowest BCUT2D eigenvalue weighted by Gasteiger charge is -2.11. The number of benzene rings is 2. The van der Waals surface area contributed by atoms with Gasteiger partial charge in [0.15, 0.2) is 0 Å². The monoisotopic (exact) mass is 281 g/mol. The van der Waals surface area contributed by atoms with Crippen LogP contribution < -0.4 is 5.32 Å². The number of anilines is 1. The average Bonchev–Trinajstić information content (AvgIpc) is 2.95. The van der Waals surface area contributed by atoms with Crippen molar-refractivity contribution in [2.75, 3.05) is 5.32 Å². The van der Waals surface area contributed by atoms with Gasteiger partial charge in [0.25, 0.3) is 5.91 Å². The molecule has 21 heavy (non-hydrogen) atoms. The van der Waals surface area contributed by atoms with Crippen molar-refractivity contribution in [2.45, 2.75) is 13.8 Å². The molecule has 0 fully saturated rings. The van der Waals surface area contributed by atoms with Crippen molar-refractivity contribution in [3.05, 3.63) is 53.3 Å². The number of aryl methyl sites for hydroxylation is 1. The molecule has 0 aliphatic rings. The molecule has 1 amide bonds. The number of nitrogens with zero attached hydrogens (tertiary/aromatic N) is 1. The van der Waals surface area contributed by atoms with Crippen molar-refractivity contribution in [2.24, 2.45) is 0 Å². The van der Waals surface area contributed by atoms with Crippen LogP contribution >= 0.6 is 0 Å². The topological polar surface area (TPSA) is 78.0 Å². The number of fused-ring (bicyclic) bond motifs is 1. The molecule has 0 radical (unpaired) electrons. The molecule has 1 heterocycles. The Morgan fingerprint density at radius 3 is 2.86 bits per heavy atom. The number of amides is 1. The number of aromatic amines is 1. The molecule has 0 bridgehead atoms. The number of H-pyrrole nitrogens is 1. The van der Waals surface area contributed by atoms with Gasteiger partial charge in [-0.15, -0.1) is 0 Å². The van der Waals surface area contributed by atoms with Crippen LogP contribution in [-0.4, -0.2) is 21.0 Å². The molecule has 5 heteroatoms. The highest BCUT2D eigenvalue weighted by Gasteiger charge is 2.11. The fraction of sp³-hybridized carbons (Fsp3) is 0.125. The Hall–Kier alpha value is -2.82. The third-order valence-electron chi connectivity index (χ3n) is 3.56. The molecule has 2 aromatic carbocycles. The molecule has 0 aliphatic heterocycles. The zero-order valence-electron chi connectivity index (χ0n) is 11.8. The molecule has 106 valence electrons. The summed E-state index contributed by atoms with van der Waals surface area (Å²) < 4.78 is 0. The largest absolute Gasteiger partial charge is 0.507 e. The third-order valence-corrected chi connectivity index (χ3v) is 3.56. The second kappa shape index (κ2) is 4.94. The van der Waals surface area contributed by atoms with Gasteiger partial charge in [-0.1, -0.05) is 6.07 Å². The number of aromatic hydroxyl groups is 1. The summed E-state index contributed by atoms with van der Waals surface area (Å²) in [6, 6.07) is 8.83. The first-order valence-corrected chi connectivity index (χ1v) is 6.60. The number of carbonyl (C=O) groups excluding carboxylic acids is 1. The van der Waals surface area contributed by atoms with E-state index in [0.717, 1.165) is 16.6 Å². The summed E-state index contributed by atoms with van der Waals surface area (Å²) in [7, 11) is 0. The Morgan fingerprint density at radius 2 is 2.05 bits per heavy atom. The van der Waals surface area contributed by atoms with Gasteiger partial charge >= 0.3 is 0 Å². The summed E-state index contributed by atoms with van der Waals surface area (Å²) in [6.07, 6.45) is 1.59. The van der Waals surface area contributed by atoms with E-state index in [4.69, 9.17) is 0 Å². The number of nitrogens with one attached hydrogen (secondary N) is 2. The van der Waals surface area contributed by atoms with Crippen molar-refractivity contribution < 1.29 is 9.90 Å². The van der Waals surface area contributed by atoms with Crippen LogP contribution in [0.5, 0.6) is 5.75 Å². The van der Waals surface area contributed by atoms with E-state index in [9.17, 15) is 9.90 Å². The van der Waals surface area contributed by atoms with E-state index >= 15 is 0 Å². The molecule has 0 aliphatic carbocycles. The SMILES string of the molecule is Cc1ccc(NC(=O)c2ccc3nc[nH]c3c2)c(C)c1O. The van der Waals surface area contributed by atoms with Crippen LogP contribution in [-0.2, 0) is 0 Å². The Kier molecular flexibility index (Phi) is 3.10. The zero-order valence-corrected chi connectivity index (χ0v) is 11.8. The molecule has 3 aromatic rings. The second-order valence-corrected chi connectivity index (χ2v) is 4.99. The highest BCUT2D eigenvalue weighted by Crippen LogP contribution is 2.28. The summed E-state index contributed by atoms with van der Waals surface area (Å²) in [5.41, 5.74) is 4.20. The van der Waals surface area contributed by atoms with Gasteiger partial charge in [0.2, 0.25) is 0 Å². The second-order valence-electron chi connectivity index (χ2n) is 4.99. The van der Waals surface area contributed by atoms with Crippen LogP contribution in [0.2, 0.25) is 0 Å².